The Morgan fingerprint density at radius 1 is 0.426 bits per heavy atom. The molecule has 0 spiro atoms. The summed E-state index contributed by atoms with van der Waals surface area (Å²) in [5.41, 5.74) is -5.65. The smallest absolute Gasteiger partial charge is 0.485 e. The second kappa shape index (κ2) is 34.5. The number of rotatable bonds is 28. The lowest BCUT2D eigenvalue weighted by molar-refractivity contribution is -0.929. The predicted octanol–water partition coefficient (Wildman–Crippen LogP) is 8.62. The van der Waals surface area contributed by atoms with Crippen LogP contribution in [0.2, 0.25) is 0 Å². The molecule has 5 nitrogen and oxygen atoms in total. The Morgan fingerprint density at radius 3 is 0.745 bits per heavy atom. The van der Waals surface area contributed by atoms with Gasteiger partial charge in [0.1, 0.15) is 0 Å². The lowest BCUT2D eigenvalue weighted by atomic mass is 10.1. The number of quaternary nitrogens is 2. The molecule has 0 atom stereocenters. The van der Waals surface area contributed by atoms with Crippen molar-refractivity contribution in [2.45, 2.75) is 189 Å². The fourth-order valence-electron chi connectivity index (χ4n) is 6.22. The number of halogens is 4. The second-order valence-corrected chi connectivity index (χ2v) is 14.8. The van der Waals surface area contributed by atoms with Crippen LogP contribution in [0.1, 0.15) is 184 Å². The highest BCUT2D eigenvalue weighted by molar-refractivity contribution is 7.86. The van der Waals surface area contributed by atoms with Gasteiger partial charge in [-0.1, -0.05) is 105 Å². The highest BCUT2D eigenvalue weighted by Gasteiger charge is 2.37. The van der Waals surface area contributed by atoms with Crippen molar-refractivity contribution in [1.29, 1.82) is 0 Å². The Hall–Kier alpha value is 0.1000. The maximum atomic E-state index is 10.7. The van der Waals surface area contributed by atoms with Crippen LogP contribution in [-0.2, 0) is 10.1 Å². The van der Waals surface area contributed by atoms with Gasteiger partial charge in [0.05, 0.1) is 52.4 Å². The standard InChI is InChI=1S/C28H60N.C8H20N.CHF3O3S.BrH/c1-5-9-13-17-21-25-29(26-22-18-14-10-6-2,27-23-19-15-11-7-3)28-24-20-16-12-8-4;1-5-9(6-2,7-3)8-4;2-1(3,4)8(5,6)7;/h5-28H2,1-4H3;5-8H2,1-4H3;(H,5,6,7);1H/q2*+1;;/p-2. The summed E-state index contributed by atoms with van der Waals surface area (Å²) >= 11 is 0. The van der Waals surface area contributed by atoms with Gasteiger partial charge in [0.15, 0.2) is 10.1 Å². The summed E-state index contributed by atoms with van der Waals surface area (Å²) in [5.74, 6) is 0. The first-order valence-corrected chi connectivity index (χ1v) is 20.9. The van der Waals surface area contributed by atoms with E-state index < -0.39 is 15.6 Å². The van der Waals surface area contributed by atoms with Gasteiger partial charge < -0.3 is 30.5 Å². The van der Waals surface area contributed by atoms with E-state index in [0.717, 1.165) is 0 Å². The summed E-state index contributed by atoms with van der Waals surface area (Å²) in [6.45, 7) is 29.5. The molecule has 10 heteroatoms. The third kappa shape index (κ3) is 31.8. The molecule has 0 aliphatic heterocycles. The molecule has 0 amide bonds. The molecule has 0 saturated heterocycles. The summed E-state index contributed by atoms with van der Waals surface area (Å²) in [6, 6.07) is 0. The first-order valence-electron chi connectivity index (χ1n) is 19.5. The normalized spacial score (nSPS) is 12.1. The summed E-state index contributed by atoms with van der Waals surface area (Å²) in [4.78, 5) is 0. The van der Waals surface area contributed by atoms with E-state index in [1.54, 1.807) is 0 Å². The van der Waals surface area contributed by atoms with Crippen molar-refractivity contribution >= 4 is 10.1 Å². The quantitative estimate of drug-likeness (QED) is 0.0347. The molecule has 0 aromatic carbocycles. The minimum Gasteiger partial charge on any atom is -1.00 e. The van der Waals surface area contributed by atoms with E-state index in [0.29, 0.717) is 0 Å². The first-order chi connectivity index (χ1) is 21.7. The molecule has 0 N–H and O–H groups in total. The van der Waals surface area contributed by atoms with Crippen LogP contribution in [0.15, 0.2) is 0 Å². The van der Waals surface area contributed by atoms with Crippen molar-refractivity contribution in [3.63, 3.8) is 0 Å². The molecule has 0 aromatic heterocycles. The van der Waals surface area contributed by atoms with Crippen molar-refractivity contribution in [2.75, 3.05) is 52.4 Å². The predicted molar refractivity (Wildman–Crippen MR) is 193 cm³/mol. The van der Waals surface area contributed by atoms with E-state index >= 15 is 0 Å². The first kappa shape index (κ1) is 53.9. The molecule has 0 aliphatic rings. The average Bonchev–Trinajstić information content (AvgIpc) is 3.02. The second-order valence-electron chi connectivity index (χ2n) is 13.4. The third-order valence-corrected chi connectivity index (χ3v) is 10.5. The maximum Gasteiger partial charge on any atom is 0.485 e. The fourth-order valence-corrected chi connectivity index (χ4v) is 6.22. The van der Waals surface area contributed by atoms with Gasteiger partial charge in [-0.15, -0.1) is 0 Å². The van der Waals surface area contributed by atoms with Crippen LogP contribution < -0.4 is 17.0 Å². The summed E-state index contributed by atoms with van der Waals surface area (Å²) in [5, 5.41) is 0. The molecule has 0 heterocycles. The number of nitrogens with zero attached hydrogens (tertiary/aromatic N) is 2. The number of hydrogen-bond acceptors (Lipinski definition) is 3. The molecule has 0 radical (unpaired) electrons. The van der Waals surface area contributed by atoms with Crippen molar-refractivity contribution in [1.82, 2.24) is 0 Å². The zero-order chi connectivity index (χ0) is 35.8. The number of unbranched alkanes of at least 4 members (excludes halogenated alkanes) is 16. The van der Waals surface area contributed by atoms with Gasteiger partial charge in [0.2, 0.25) is 0 Å². The van der Waals surface area contributed by atoms with Crippen molar-refractivity contribution in [3.8, 4) is 0 Å². The summed E-state index contributed by atoms with van der Waals surface area (Å²) < 4.78 is 61.6. The van der Waals surface area contributed by atoms with Gasteiger partial charge in [-0.25, -0.2) is 8.42 Å². The molecule has 0 saturated carbocycles. The molecular formula is C37H80BrF3N2O3S. The minimum absolute atomic E-state index is 0. The molecule has 0 fully saturated rings. The van der Waals surface area contributed by atoms with E-state index in [1.165, 1.54) is 190 Å². The van der Waals surface area contributed by atoms with Crippen LogP contribution in [0.5, 0.6) is 0 Å². The van der Waals surface area contributed by atoms with E-state index in [4.69, 9.17) is 13.0 Å². The summed E-state index contributed by atoms with van der Waals surface area (Å²) in [6.07, 6.45) is 28.8. The highest BCUT2D eigenvalue weighted by atomic mass is 79.9. The minimum atomic E-state index is -6.09. The number of alkyl halides is 3. The van der Waals surface area contributed by atoms with Gasteiger partial charge in [0.25, 0.3) is 0 Å². The Balaban J connectivity index is -0.000000418. The van der Waals surface area contributed by atoms with E-state index in [1.807, 2.05) is 0 Å². The molecule has 0 aromatic rings. The van der Waals surface area contributed by atoms with Gasteiger partial charge in [-0.2, -0.15) is 13.2 Å². The zero-order valence-corrected chi connectivity index (χ0v) is 34.7. The van der Waals surface area contributed by atoms with E-state index in [9.17, 15) is 13.2 Å². The third-order valence-electron chi connectivity index (χ3n) is 9.91. The van der Waals surface area contributed by atoms with Crippen LogP contribution in [0.4, 0.5) is 13.2 Å². The SMILES string of the molecule is CCCCCCC[N+](CCCCCCC)(CCCCCCC)CCCCCCC.CC[N+](CC)(CC)CC.O=S(=O)([O-])C(F)(F)F.[Br-]. The monoisotopic (exact) mass is 769 g/mol. The van der Waals surface area contributed by atoms with Crippen LogP contribution in [0.25, 0.3) is 0 Å². The molecule has 0 unspecified atom stereocenters. The van der Waals surface area contributed by atoms with Gasteiger partial charge in [0, 0.05) is 0 Å². The van der Waals surface area contributed by atoms with Gasteiger partial charge in [-0.05, 0) is 79.1 Å². The molecule has 0 aliphatic carbocycles. The lowest BCUT2D eigenvalue weighted by Crippen LogP contribution is -3.00. The van der Waals surface area contributed by atoms with Crippen molar-refractivity contribution in [3.05, 3.63) is 0 Å². The molecule has 47 heavy (non-hydrogen) atoms. The summed E-state index contributed by atoms with van der Waals surface area (Å²) in [7, 11) is -6.09. The Morgan fingerprint density at radius 2 is 0.617 bits per heavy atom. The van der Waals surface area contributed by atoms with Crippen LogP contribution >= 0.6 is 0 Å². The van der Waals surface area contributed by atoms with Crippen molar-refractivity contribution < 1.29 is 52.1 Å². The van der Waals surface area contributed by atoms with Crippen LogP contribution in [0.3, 0.4) is 0 Å². The van der Waals surface area contributed by atoms with Gasteiger partial charge in [-0.3, -0.25) is 0 Å². The fraction of sp³-hybridized carbons (Fsp3) is 1.00. The van der Waals surface area contributed by atoms with E-state index in [2.05, 4.69) is 55.4 Å². The van der Waals surface area contributed by atoms with Gasteiger partial charge >= 0.3 is 5.51 Å². The largest absolute Gasteiger partial charge is 1.00 e. The topological polar surface area (TPSA) is 57.2 Å². The Kier molecular flexibility index (Phi) is 39.6. The Bertz CT molecular complexity index is 658. The molecule has 0 rings (SSSR count). The lowest BCUT2D eigenvalue weighted by Gasteiger charge is -2.39. The molecular weight excluding hydrogens is 689 g/mol. The molecule has 290 valence electrons. The highest BCUT2D eigenvalue weighted by Crippen LogP contribution is 2.21. The van der Waals surface area contributed by atoms with E-state index in [-0.39, 0.29) is 17.0 Å². The Labute approximate surface area is 302 Å². The van der Waals surface area contributed by atoms with Crippen molar-refractivity contribution in [2.24, 2.45) is 0 Å². The average molecular weight is 770 g/mol. The maximum absolute atomic E-state index is 10.7. The van der Waals surface area contributed by atoms with Crippen LogP contribution in [-0.4, -0.2) is 79.8 Å². The molecule has 0 bridgehead atoms. The van der Waals surface area contributed by atoms with Crippen LogP contribution in [0, 0.1) is 0 Å². The zero-order valence-electron chi connectivity index (χ0n) is 32.3. The number of hydrogen-bond donors (Lipinski definition) is 0.